The molecule has 172 valence electrons. The molecule has 0 saturated carbocycles. The van der Waals surface area contributed by atoms with E-state index in [-0.39, 0.29) is 35.1 Å². The molecule has 2 amide bonds. The van der Waals surface area contributed by atoms with Crippen LogP contribution in [0.3, 0.4) is 0 Å². The second-order valence-electron chi connectivity index (χ2n) is 6.78. The first kappa shape index (κ1) is 22.1. The van der Waals surface area contributed by atoms with E-state index in [2.05, 4.69) is 41.1 Å². The summed E-state index contributed by atoms with van der Waals surface area (Å²) in [5.74, 6) is -1.78. The molecule has 0 saturated heterocycles. The predicted molar refractivity (Wildman–Crippen MR) is 117 cm³/mol. The van der Waals surface area contributed by atoms with Crippen molar-refractivity contribution in [3.8, 4) is 5.82 Å². The van der Waals surface area contributed by atoms with E-state index in [9.17, 15) is 14.0 Å². The zero-order chi connectivity index (χ0) is 24.1. The van der Waals surface area contributed by atoms with Crippen molar-refractivity contribution in [3.05, 3.63) is 76.9 Å². The Morgan fingerprint density at radius 2 is 1.91 bits per heavy atom. The Hall–Kier alpha value is -5.14. The van der Waals surface area contributed by atoms with Crippen molar-refractivity contribution in [2.24, 2.45) is 10.8 Å². The number of hydrogen-bond donors (Lipinski definition) is 4. The second kappa shape index (κ2) is 9.56. The van der Waals surface area contributed by atoms with Crippen LogP contribution >= 0.6 is 0 Å². The summed E-state index contributed by atoms with van der Waals surface area (Å²) in [6.45, 7) is -0.0337. The number of nitrogens with zero attached hydrogens (tertiary/aromatic N) is 6. The number of anilines is 2. The monoisotopic (exact) mass is 464 g/mol. The van der Waals surface area contributed by atoms with E-state index in [0.29, 0.717) is 11.3 Å². The molecule has 0 aliphatic carbocycles. The maximum atomic E-state index is 13.0. The summed E-state index contributed by atoms with van der Waals surface area (Å²) in [4.78, 5) is 24.5. The Morgan fingerprint density at radius 3 is 2.62 bits per heavy atom. The minimum atomic E-state index is -0.695. The van der Waals surface area contributed by atoms with E-state index in [4.69, 9.17) is 11.5 Å². The van der Waals surface area contributed by atoms with Crippen LogP contribution in [0.2, 0.25) is 0 Å². The van der Waals surface area contributed by atoms with E-state index < -0.39 is 17.6 Å². The van der Waals surface area contributed by atoms with Gasteiger partial charge in [-0.25, -0.2) is 14.4 Å². The molecule has 34 heavy (non-hydrogen) atoms. The van der Waals surface area contributed by atoms with Gasteiger partial charge in [-0.05, 0) is 40.1 Å². The van der Waals surface area contributed by atoms with Crippen LogP contribution in [0.1, 0.15) is 32.1 Å². The Morgan fingerprint density at radius 1 is 1.15 bits per heavy atom. The third-order valence-corrected chi connectivity index (χ3v) is 4.56. The number of nitrogens with two attached hydrogens (primary N) is 2. The van der Waals surface area contributed by atoms with Crippen LogP contribution in [0.25, 0.3) is 5.82 Å². The number of halogens is 1. The second-order valence-corrected chi connectivity index (χ2v) is 6.78. The van der Waals surface area contributed by atoms with Crippen LogP contribution in [0.15, 0.2) is 58.3 Å². The molecule has 0 fully saturated rings. The van der Waals surface area contributed by atoms with E-state index in [0.717, 1.165) is 0 Å². The highest BCUT2D eigenvalue weighted by molar-refractivity contribution is 5.98. The number of aromatic nitrogens is 5. The van der Waals surface area contributed by atoms with Gasteiger partial charge in [0.25, 0.3) is 11.8 Å². The van der Waals surface area contributed by atoms with Gasteiger partial charge in [-0.2, -0.15) is 9.78 Å². The first-order chi connectivity index (χ1) is 16.4. The molecule has 0 atom stereocenters. The fourth-order valence-electron chi connectivity index (χ4n) is 2.94. The van der Waals surface area contributed by atoms with Gasteiger partial charge in [0.2, 0.25) is 11.6 Å². The fourth-order valence-corrected chi connectivity index (χ4v) is 2.94. The van der Waals surface area contributed by atoms with Gasteiger partial charge in [0, 0.05) is 5.69 Å². The first-order valence-electron chi connectivity index (χ1n) is 9.68. The molecule has 0 aliphatic rings. The molecule has 13 nitrogen and oxygen atoms in total. The van der Waals surface area contributed by atoms with Crippen LogP contribution in [-0.4, -0.2) is 43.3 Å². The third-order valence-electron chi connectivity index (χ3n) is 4.56. The van der Waals surface area contributed by atoms with Crippen molar-refractivity contribution in [2.75, 3.05) is 11.1 Å². The molecule has 2 aromatic heterocycles. The van der Waals surface area contributed by atoms with Crippen LogP contribution in [0, 0.1) is 5.82 Å². The summed E-state index contributed by atoms with van der Waals surface area (Å²) in [6.07, 6.45) is 1.34. The van der Waals surface area contributed by atoms with Gasteiger partial charge < -0.3 is 16.8 Å². The normalized spacial score (nSPS) is 11.0. The SMILES string of the molecule is NC(=O)c1ccccc1NCc1c(C(=O)NN=Cc2ccc(F)cc2)nnn1-c1nonc1N. The average Bonchev–Trinajstić information content (AvgIpc) is 3.44. The quantitative estimate of drug-likeness (QED) is 0.216. The molecule has 0 aliphatic heterocycles. The highest BCUT2D eigenvalue weighted by Crippen LogP contribution is 2.19. The van der Waals surface area contributed by atoms with Gasteiger partial charge in [-0.1, -0.05) is 29.5 Å². The van der Waals surface area contributed by atoms with E-state index in [1.54, 1.807) is 24.3 Å². The summed E-state index contributed by atoms with van der Waals surface area (Å²) < 4.78 is 18.8. The smallest absolute Gasteiger partial charge is 0.293 e. The van der Waals surface area contributed by atoms with Gasteiger partial charge in [0.1, 0.15) is 5.82 Å². The van der Waals surface area contributed by atoms with Crippen LogP contribution < -0.4 is 22.2 Å². The Bertz CT molecular complexity index is 1360. The van der Waals surface area contributed by atoms with E-state index in [1.807, 2.05) is 0 Å². The van der Waals surface area contributed by atoms with Gasteiger partial charge in [0.15, 0.2) is 5.69 Å². The number of amides is 2. The van der Waals surface area contributed by atoms with Gasteiger partial charge in [0.05, 0.1) is 24.0 Å². The molecule has 0 radical (unpaired) electrons. The predicted octanol–water partition coefficient (Wildman–Crippen LogP) is 0.847. The molecule has 4 aromatic rings. The molecular weight excluding hydrogens is 447 g/mol. The van der Waals surface area contributed by atoms with Gasteiger partial charge in [-0.15, -0.1) is 5.10 Å². The lowest BCUT2D eigenvalue weighted by molar-refractivity contribution is 0.0947. The van der Waals surface area contributed by atoms with E-state index >= 15 is 0 Å². The van der Waals surface area contributed by atoms with Gasteiger partial charge in [-0.3, -0.25) is 9.59 Å². The Kier molecular flexibility index (Phi) is 6.20. The number of nitrogens with one attached hydrogen (secondary N) is 2. The topological polar surface area (TPSA) is 192 Å². The molecule has 2 aromatic carbocycles. The minimum absolute atomic E-state index is 0.0151. The zero-order valence-corrected chi connectivity index (χ0v) is 17.3. The standard InChI is InChI=1S/C20H17FN10O3/c21-12-7-5-11(6-8-12)9-25-27-20(33)16-15(31(30-26-16)19-17(22)28-34-29-19)10-24-14-4-2-1-3-13(14)18(23)32/h1-9,24H,10H2,(H2,22,28)(H2,23,32)(H,27,33). The number of hydrazone groups is 1. The number of para-hydroxylation sites is 1. The summed E-state index contributed by atoms with van der Waals surface area (Å²) in [5.41, 5.74) is 14.9. The number of benzene rings is 2. The van der Waals surface area contributed by atoms with Crippen LogP contribution in [-0.2, 0) is 6.54 Å². The number of hydrogen-bond acceptors (Lipinski definition) is 10. The highest BCUT2D eigenvalue weighted by Gasteiger charge is 2.24. The number of rotatable bonds is 8. The average molecular weight is 464 g/mol. The zero-order valence-electron chi connectivity index (χ0n) is 17.3. The third kappa shape index (κ3) is 4.69. The largest absolute Gasteiger partial charge is 0.379 e. The lowest BCUT2D eigenvalue weighted by Gasteiger charge is -2.11. The van der Waals surface area contributed by atoms with Crippen LogP contribution in [0.4, 0.5) is 15.9 Å². The molecule has 6 N–H and O–H groups in total. The molecule has 4 rings (SSSR count). The molecule has 0 spiro atoms. The highest BCUT2D eigenvalue weighted by atomic mass is 19.1. The summed E-state index contributed by atoms with van der Waals surface area (Å²) >= 11 is 0. The minimum Gasteiger partial charge on any atom is -0.379 e. The summed E-state index contributed by atoms with van der Waals surface area (Å²) in [7, 11) is 0. The molecular formula is C20H17FN10O3. The maximum absolute atomic E-state index is 13.0. The Balaban J connectivity index is 1.60. The lowest BCUT2D eigenvalue weighted by atomic mass is 10.1. The summed E-state index contributed by atoms with van der Waals surface area (Å²) in [6, 6.07) is 12.1. The number of carbonyl (C=O) groups excluding carboxylic acids is 2. The number of primary amides is 1. The lowest BCUT2D eigenvalue weighted by Crippen LogP contribution is -2.22. The first-order valence-corrected chi connectivity index (χ1v) is 9.68. The molecule has 14 heteroatoms. The number of carbonyl (C=O) groups is 2. The fraction of sp³-hybridized carbons (Fsp3) is 0.0500. The molecule has 2 heterocycles. The van der Waals surface area contributed by atoms with Crippen molar-refractivity contribution >= 4 is 29.5 Å². The van der Waals surface area contributed by atoms with Crippen molar-refractivity contribution in [1.82, 2.24) is 30.7 Å². The maximum Gasteiger partial charge on any atom is 0.293 e. The molecule has 0 bridgehead atoms. The molecule has 0 unspecified atom stereocenters. The van der Waals surface area contributed by atoms with Crippen molar-refractivity contribution in [1.29, 1.82) is 0 Å². The number of nitrogen functional groups attached to an aromatic ring is 1. The van der Waals surface area contributed by atoms with E-state index in [1.165, 1.54) is 35.2 Å². The van der Waals surface area contributed by atoms with Crippen molar-refractivity contribution in [3.63, 3.8) is 0 Å². The van der Waals surface area contributed by atoms with Crippen molar-refractivity contribution in [2.45, 2.75) is 6.54 Å². The Labute approximate surface area is 190 Å². The van der Waals surface area contributed by atoms with Crippen molar-refractivity contribution < 1.29 is 18.6 Å². The van der Waals surface area contributed by atoms with Gasteiger partial charge >= 0.3 is 0 Å². The van der Waals surface area contributed by atoms with Crippen LogP contribution in [0.5, 0.6) is 0 Å². The summed E-state index contributed by atoms with van der Waals surface area (Å²) in [5, 5.41) is 21.9.